The highest BCUT2D eigenvalue weighted by Gasteiger charge is 2.52. The SMILES string of the molecule is Cc1ccn(CC(=O)N2[C@@H]3CC[C@H]2CC2(C3)CN(S(C)(=O)=O)CCO2)n1. The predicted octanol–water partition coefficient (Wildman–Crippen LogP) is 0.376. The Morgan fingerprint density at radius 2 is 2.04 bits per heavy atom. The summed E-state index contributed by atoms with van der Waals surface area (Å²) in [7, 11) is -3.22. The monoisotopic (exact) mass is 382 g/mol. The van der Waals surface area contributed by atoms with Crippen molar-refractivity contribution in [3.05, 3.63) is 18.0 Å². The van der Waals surface area contributed by atoms with Crippen LogP contribution in [0.1, 0.15) is 31.4 Å². The van der Waals surface area contributed by atoms with Gasteiger partial charge >= 0.3 is 0 Å². The van der Waals surface area contributed by atoms with Crippen molar-refractivity contribution in [1.82, 2.24) is 19.0 Å². The third-order valence-electron chi connectivity index (χ3n) is 5.88. The van der Waals surface area contributed by atoms with Gasteiger partial charge in [-0.05, 0) is 38.7 Å². The molecule has 1 unspecified atom stereocenters. The third kappa shape index (κ3) is 3.27. The number of hydrogen-bond acceptors (Lipinski definition) is 5. The Bertz CT molecular complexity index is 791. The van der Waals surface area contributed by atoms with Crippen LogP contribution in [0.15, 0.2) is 12.3 Å². The standard InChI is InChI=1S/C17H26N4O4S/c1-13-5-6-19(18-13)11-16(22)21-14-3-4-15(21)10-17(9-14)12-20(7-8-25-17)26(2,23)24/h5-6,14-15H,3-4,7-12H2,1-2H3/t14-,15+,17?. The predicted molar refractivity (Wildman–Crippen MR) is 95.0 cm³/mol. The number of ether oxygens (including phenoxy) is 1. The van der Waals surface area contributed by atoms with Crippen LogP contribution in [0.2, 0.25) is 0 Å². The molecule has 144 valence electrons. The van der Waals surface area contributed by atoms with E-state index in [1.165, 1.54) is 10.6 Å². The van der Waals surface area contributed by atoms with Crippen molar-refractivity contribution >= 4 is 15.9 Å². The van der Waals surface area contributed by atoms with E-state index in [1.54, 1.807) is 4.68 Å². The Morgan fingerprint density at radius 1 is 1.35 bits per heavy atom. The van der Waals surface area contributed by atoms with E-state index in [0.29, 0.717) is 32.5 Å². The molecule has 3 saturated heterocycles. The summed E-state index contributed by atoms with van der Waals surface area (Å²) < 4.78 is 33.2. The summed E-state index contributed by atoms with van der Waals surface area (Å²) >= 11 is 0. The summed E-state index contributed by atoms with van der Waals surface area (Å²) in [5.41, 5.74) is 0.446. The van der Waals surface area contributed by atoms with Crippen LogP contribution in [0.4, 0.5) is 0 Å². The van der Waals surface area contributed by atoms with Crippen LogP contribution in [0, 0.1) is 6.92 Å². The van der Waals surface area contributed by atoms with Gasteiger partial charge in [-0.3, -0.25) is 9.48 Å². The zero-order chi connectivity index (χ0) is 18.5. The zero-order valence-corrected chi connectivity index (χ0v) is 16.1. The molecule has 0 radical (unpaired) electrons. The molecule has 3 atom stereocenters. The molecule has 0 aliphatic carbocycles. The van der Waals surface area contributed by atoms with Crippen LogP contribution in [0.3, 0.4) is 0 Å². The Balaban J connectivity index is 1.48. The van der Waals surface area contributed by atoms with Gasteiger partial charge < -0.3 is 9.64 Å². The van der Waals surface area contributed by atoms with Gasteiger partial charge in [-0.15, -0.1) is 0 Å². The van der Waals surface area contributed by atoms with Crippen molar-refractivity contribution in [3.8, 4) is 0 Å². The molecule has 4 heterocycles. The molecule has 8 nitrogen and oxygen atoms in total. The van der Waals surface area contributed by atoms with E-state index >= 15 is 0 Å². The van der Waals surface area contributed by atoms with E-state index < -0.39 is 15.6 Å². The minimum atomic E-state index is -3.22. The van der Waals surface area contributed by atoms with Crippen molar-refractivity contribution in [2.75, 3.05) is 26.0 Å². The van der Waals surface area contributed by atoms with Crippen molar-refractivity contribution in [3.63, 3.8) is 0 Å². The first kappa shape index (κ1) is 17.9. The summed E-state index contributed by atoms with van der Waals surface area (Å²) in [5.74, 6) is 0.0891. The smallest absolute Gasteiger partial charge is 0.244 e. The first-order valence-corrected chi connectivity index (χ1v) is 11.0. The highest BCUT2D eigenvalue weighted by Crippen LogP contribution is 2.44. The number of fused-ring (bicyclic) bond motifs is 2. The van der Waals surface area contributed by atoms with Crippen LogP contribution >= 0.6 is 0 Å². The molecule has 9 heteroatoms. The second kappa shape index (κ2) is 6.31. The van der Waals surface area contributed by atoms with Gasteiger partial charge in [-0.1, -0.05) is 0 Å². The van der Waals surface area contributed by atoms with Gasteiger partial charge in [0.15, 0.2) is 0 Å². The summed E-state index contributed by atoms with van der Waals surface area (Å²) in [6, 6.07) is 2.14. The summed E-state index contributed by atoms with van der Waals surface area (Å²) in [4.78, 5) is 14.9. The third-order valence-corrected chi connectivity index (χ3v) is 7.13. The Kier molecular flexibility index (Phi) is 4.36. The van der Waals surface area contributed by atoms with Gasteiger partial charge in [0.05, 0.1) is 24.2 Å². The quantitative estimate of drug-likeness (QED) is 0.754. The van der Waals surface area contributed by atoms with Gasteiger partial charge in [0, 0.05) is 31.4 Å². The summed E-state index contributed by atoms with van der Waals surface area (Å²) in [6.07, 6.45) is 6.41. The summed E-state index contributed by atoms with van der Waals surface area (Å²) in [6.45, 7) is 3.40. The maximum absolute atomic E-state index is 12.9. The lowest BCUT2D eigenvalue weighted by Gasteiger charge is -2.50. The van der Waals surface area contributed by atoms with E-state index in [2.05, 4.69) is 5.10 Å². The maximum atomic E-state index is 12.9. The number of morpholine rings is 1. The van der Waals surface area contributed by atoms with Crippen molar-refractivity contribution in [2.45, 2.75) is 56.8 Å². The molecular formula is C17H26N4O4S. The second-order valence-corrected chi connectivity index (χ2v) is 9.86. The number of nitrogens with zero attached hydrogens (tertiary/aromatic N) is 4. The zero-order valence-electron chi connectivity index (χ0n) is 15.3. The molecule has 0 aromatic carbocycles. The fourth-order valence-electron chi connectivity index (χ4n) is 4.82. The average Bonchev–Trinajstić information content (AvgIpc) is 3.08. The van der Waals surface area contributed by atoms with Gasteiger partial charge in [-0.25, -0.2) is 8.42 Å². The fourth-order valence-corrected chi connectivity index (χ4v) is 5.70. The van der Waals surface area contributed by atoms with Crippen molar-refractivity contribution < 1.29 is 17.9 Å². The second-order valence-electron chi connectivity index (χ2n) is 7.88. The largest absolute Gasteiger partial charge is 0.372 e. The van der Waals surface area contributed by atoms with Crippen molar-refractivity contribution in [2.24, 2.45) is 0 Å². The maximum Gasteiger partial charge on any atom is 0.244 e. The highest BCUT2D eigenvalue weighted by atomic mass is 32.2. The molecule has 26 heavy (non-hydrogen) atoms. The average molecular weight is 382 g/mol. The number of aromatic nitrogens is 2. The van der Waals surface area contributed by atoms with E-state index in [4.69, 9.17) is 4.74 Å². The highest BCUT2D eigenvalue weighted by molar-refractivity contribution is 7.88. The van der Waals surface area contributed by atoms with Gasteiger partial charge in [0.2, 0.25) is 15.9 Å². The Hall–Kier alpha value is -1.45. The van der Waals surface area contributed by atoms with E-state index in [9.17, 15) is 13.2 Å². The van der Waals surface area contributed by atoms with E-state index in [-0.39, 0.29) is 24.5 Å². The summed E-state index contributed by atoms with van der Waals surface area (Å²) in [5, 5.41) is 4.31. The molecule has 3 aliphatic heterocycles. The molecule has 3 fully saturated rings. The molecular weight excluding hydrogens is 356 g/mol. The number of sulfonamides is 1. The number of carbonyl (C=O) groups excluding carboxylic acids is 1. The Labute approximate surface area is 154 Å². The number of aryl methyl sites for hydroxylation is 1. The molecule has 1 aromatic heterocycles. The number of hydrogen-bond donors (Lipinski definition) is 0. The molecule has 1 spiro atoms. The van der Waals surface area contributed by atoms with E-state index in [1.807, 2.05) is 24.1 Å². The molecule has 0 N–H and O–H groups in total. The molecule has 0 saturated carbocycles. The van der Waals surface area contributed by atoms with Crippen LogP contribution in [-0.4, -0.2) is 76.9 Å². The first-order chi connectivity index (χ1) is 12.3. The minimum Gasteiger partial charge on any atom is -0.372 e. The molecule has 4 rings (SSSR count). The van der Waals surface area contributed by atoms with E-state index in [0.717, 1.165) is 18.5 Å². The van der Waals surface area contributed by atoms with Crippen LogP contribution in [0.25, 0.3) is 0 Å². The number of carbonyl (C=O) groups is 1. The lowest BCUT2D eigenvalue weighted by atomic mass is 9.85. The van der Waals surface area contributed by atoms with Crippen LogP contribution in [0.5, 0.6) is 0 Å². The molecule has 1 amide bonds. The fraction of sp³-hybridized carbons (Fsp3) is 0.765. The molecule has 3 aliphatic rings. The molecule has 1 aromatic rings. The van der Waals surface area contributed by atoms with Crippen molar-refractivity contribution in [1.29, 1.82) is 0 Å². The minimum absolute atomic E-state index is 0.0891. The number of rotatable bonds is 3. The number of piperidine rings is 1. The lowest BCUT2D eigenvalue weighted by Crippen LogP contribution is -2.61. The van der Waals surface area contributed by atoms with Crippen LogP contribution in [-0.2, 0) is 26.1 Å². The first-order valence-electron chi connectivity index (χ1n) is 9.16. The van der Waals surface area contributed by atoms with Gasteiger partial charge in [0.25, 0.3) is 0 Å². The van der Waals surface area contributed by atoms with Gasteiger partial charge in [-0.2, -0.15) is 9.40 Å². The molecule has 2 bridgehead atoms. The normalized spacial score (nSPS) is 32.3. The van der Waals surface area contributed by atoms with Crippen LogP contribution < -0.4 is 0 Å². The lowest BCUT2D eigenvalue weighted by molar-refractivity contribution is -0.155. The number of amides is 1. The topological polar surface area (TPSA) is 84.7 Å². The van der Waals surface area contributed by atoms with Gasteiger partial charge in [0.1, 0.15) is 6.54 Å². The Morgan fingerprint density at radius 3 is 2.62 bits per heavy atom.